The zero-order valence-electron chi connectivity index (χ0n) is 21.1. The van der Waals surface area contributed by atoms with E-state index in [1.54, 1.807) is 24.3 Å². The molecule has 2 aromatic carbocycles. The van der Waals surface area contributed by atoms with Crippen molar-refractivity contribution in [3.05, 3.63) is 87.1 Å². The number of aromatic carboxylic acids is 1. The van der Waals surface area contributed by atoms with Crippen LogP contribution in [0.25, 0.3) is 0 Å². The Morgan fingerprint density at radius 2 is 1.95 bits per heavy atom. The monoisotopic (exact) mass is 550 g/mol. The topological polar surface area (TPSA) is 90.3 Å². The number of rotatable bonds is 10. The number of hydrazine groups is 1. The highest BCUT2D eigenvalue weighted by atomic mass is 32.2. The molecule has 198 valence electrons. The Morgan fingerprint density at radius 3 is 2.74 bits per heavy atom. The lowest BCUT2D eigenvalue weighted by atomic mass is 10.0. The maximum absolute atomic E-state index is 12.6. The van der Waals surface area contributed by atoms with Crippen LogP contribution >= 0.6 is 23.1 Å². The van der Waals surface area contributed by atoms with Crippen LogP contribution in [0.4, 0.5) is 4.79 Å². The number of hydrogen-bond donors (Lipinski definition) is 2. The molecular weight excluding hydrogens is 520 g/mol. The third-order valence-corrected chi connectivity index (χ3v) is 8.11. The molecule has 7 nitrogen and oxygen atoms in total. The minimum atomic E-state index is -0.935. The van der Waals surface area contributed by atoms with Crippen LogP contribution in [-0.2, 0) is 12.8 Å². The quantitative estimate of drug-likeness (QED) is 0.351. The zero-order chi connectivity index (χ0) is 26.9. The summed E-state index contributed by atoms with van der Waals surface area (Å²) in [5.41, 5.74) is 2.68. The minimum Gasteiger partial charge on any atom is -0.495 e. The predicted octanol–water partition coefficient (Wildman–Crippen LogP) is 4.78. The number of methoxy groups -OCH3 is 1. The third kappa shape index (κ3) is 7.62. The molecule has 0 spiro atoms. The highest BCUT2D eigenvalue weighted by molar-refractivity contribution is 8.13. The van der Waals surface area contributed by atoms with Gasteiger partial charge in [0.2, 0.25) is 0 Å². The summed E-state index contributed by atoms with van der Waals surface area (Å²) >= 11 is 2.53. The summed E-state index contributed by atoms with van der Waals surface area (Å²) in [6.45, 7) is 1.77. The SMILES string of the molecule is COc1ccccc1C#Cc1cccc(CC(O)CCN2CCSC(=O)N2CCc2ccc(C(=O)O)s2)c1. The Bertz CT molecular complexity index is 1330. The first kappa shape index (κ1) is 27.7. The first-order chi connectivity index (χ1) is 18.4. The molecule has 1 aromatic heterocycles. The van der Waals surface area contributed by atoms with E-state index in [1.165, 1.54) is 23.1 Å². The van der Waals surface area contributed by atoms with E-state index in [2.05, 4.69) is 11.8 Å². The molecule has 1 amide bonds. The van der Waals surface area contributed by atoms with Crippen molar-refractivity contribution < 1.29 is 24.5 Å². The van der Waals surface area contributed by atoms with Crippen molar-refractivity contribution >= 4 is 34.3 Å². The molecule has 1 aliphatic heterocycles. The Kier molecular flexibility index (Phi) is 9.85. The average Bonchev–Trinajstić information content (AvgIpc) is 3.40. The lowest BCUT2D eigenvalue weighted by Gasteiger charge is -2.38. The van der Waals surface area contributed by atoms with Crippen molar-refractivity contribution in [1.82, 2.24) is 10.0 Å². The number of thioether (sulfide) groups is 1. The molecule has 0 radical (unpaired) electrons. The van der Waals surface area contributed by atoms with Crippen molar-refractivity contribution in [1.29, 1.82) is 0 Å². The maximum atomic E-state index is 12.6. The number of benzene rings is 2. The van der Waals surface area contributed by atoms with Crippen molar-refractivity contribution in [3.63, 3.8) is 0 Å². The van der Waals surface area contributed by atoms with Crippen molar-refractivity contribution in [2.24, 2.45) is 0 Å². The van der Waals surface area contributed by atoms with Crippen molar-refractivity contribution in [2.75, 3.05) is 32.5 Å². The van der Waals surface area contributed by atoms with E-state index < -0.39 is 12.1 Å². The fraction of sp³-hybridized carbons (Fsp3) is 0.310. The summed E-state index contributed by atoms with van der Waals surface area (Å²) in [6, 6.07) is 18.9. The number of aliphatic hydroxyl groups excluding tert-OH is 1. The molecule has 2 N–H and O–H groups in total. The van der Waals surface area contributed by atoms with Gasteiger partial charge in [-0.2, -0.15) is 0 Å². The number of thiophene rings is 1. The minimum absolute atomic E-state index is 0.0120. The molecule has 4 rings (SSSR count). The summed E-state index contributed by atoms with van der Waals surface area (Å²) in [5, 5.41) is 23.6. The molecule has 38 heavy (non-hydrogen) atoms. The second-order valence-electron chi connectivity index (χ2n) is 8.81. The normalized spacial score (nSPS) is 14.6. The number of ether oxygens (including phenoxy) is 1. The highest BCUT2D eigenvalue weighted by Crippen LogP contribution is 2.23. The van der Waals surface area contributed by atoms with Crippen LogP contribution in [0.15, 0.2) is 60.7 Å². The van der Waals surface area contributed by atoms with Gasteiger partial charge in [0.1, 0.15) is 10.6 Å². The van der Waals surface area contributed by atoms with Crippen LogP contribution in [0.2, 0.25) is 0 Å². The number of para-hydroxylation sites is 1. The number of aliphatic hydroxyl groups is 1. The molecule has 9 heteroatoms. The van der Waals surface area contributed by atoms with Crippen LogP contribution in [0.3, 0.4) is 0 Å². The summed E-state index contributed by atoms with van der Waals surface area (Å²) in [5.74, 6) is 6.84. The molecule has 1 saturated heterocycles. The van der Waals surface area contributed by atoms with Gasteiger partial charge >= 0.3 is 5.97 Å². The first-order valence-electron chi connectivity index (χ1n) is 12.4. The van der Waals surface area contributed by atoms with E-state index in [-0.39, 0.29) is 5.24 Å². The van der Waals surface area contributed by atoms with Gasteiger partial charge in [-0.05, 0) is 54.8 Å². The molecule has 1 atom stereocenters. The lowest BCUT2D eigenvalue weighted by Crippen LogP contribution is -2.51. The lowest BCUT2D eigenvalue weighted by molar-refractivity contribution is 0.0148. The maximum Gasteiger partial charge on any atom is 0.345 e. The van der Waals surface area contributed by atoms with E-state index in [0.29, 0.717) is 43.0 Å². The zero-order valence-corrected chi connectivity index (χ0v) is 22.8. The van der Waals surface area contributed by atoms with Crippen LogP contribution in [-0.4, -0.2) is 70.0 Å². The van der Waals surface area contributed by atoms with Gasteiger partial charge < -0.3 is 14.9 Å². The number of carboxylic acid groups (broad SMARTS) is 1. The van der Waals surface area contributed by atoms with Gasteiger partial charge in [-0.1, -0.05) is 47.9 Å². The molecule has 0 saturated carbocycles. The van der Waals surface area contributed by atoms with Gasteiger partial charge in [-0.3, -0.25) is 9.80 Å². The molecule has 0 aliphatic carbocycles. The van der Waals surface area contributed by atoms with Gasteiger partial charge in [0, 0.05) is 42.2 Å². The van der Waals surface area contributed by atoms with E-state index in [1.807, 2.05) is 53.5 Å². The second kappa shape index (κ2) is 13.5. The summed E-state index contributed by atoms with van der Waals surface area (Å²) < 4.78 is 5.36. The fourth-order valence-corrected chi connectivity index (χ4v) is 5.86. The molecule has 2 heterocycles. The number of amides is 1. The summed E-state index contributed by atoms with van der Waals surface area (Å²) in [6.07, 6.45) is 1.04. The van der Waals surface area contributed by atoms with Crippen molar-refractivity contribution in [3.8, 4) is 17.6 Å². The number of nitrogens with zero attached hydrogens (tertiary/aromatic N) is 2. The number of carbonyl (C=O) groups excluding carboxylic acids is 1. The molecular formula is C29H30N2O5S2. The Labute approximate surface area is 231 Å². The number of hydrogen-bond acceptors (Lipinski definition) is 7. The summed E-state index contributed by atoms with van der Waals surface area (Å²) in [4.78, 5) is 25.0. The first-order valence-corrected chi connectivity index (χ1v) is 14.2. The Balaban J connectivity index is 1.32. The highest BCUT2D eigenvalue weighted by Gasteiger charge is 2.27. The second-order valence-corrected chi connectivity index (χ2v) is 11.0. The Morgan fingerprint density at radius 1 is 1.11 bits per heavy atom. The average molecular weight is 551 g/mol. The van der Waals surface area contributed by atoms with Crippen LogP contribution in [0, 0.1) is 11.8 Å². The third-order valence-electron chi connectivity index (χ3n) is 6.14. The predicted molar refractivity (Wildman–Crippen MR) is 151 cm³/mol. The van der Waals surface area contributed by atoms with Gasteiger partial charge in [-0.25, -0.2) is 9.80 Å². The molecule has 0 bridgehead atoms. The van der Waals surface area contributed by atoms with E-state index >= 15 is 0 Å². The van der Waals surface area contributed by atoms with Gasteiger partial charge in [-0.15, -0.1) is 11.3 Å². The molecule has 3 aromatic rings. The molecule has 1 fully saturated rings. The van der Waals surface area contributed by atoms with Gasteiger partial charge in [0.05, 0.1) is 18.8 Å². The van der Waals surface area contributed by atoms with Crippen molar-refractivity contribution in [2.45, 2.75) is 25.4 Å². The van der Waals surface area contributed by atoms with Crippen LogP contribution < -0.4 is 4.74 Å². The number of carbonyl (C=O) groups is 2. The number of carboxylic acids is 1. The van der Waals surface area contributed by atoms with Gasteiger partial charge in [0.15, 0.2) is 0 Å². The van der Waals surface area contributed by atoms with E-state index in [4.69, 9.17) is 9.84 Å². The summed E-state index contributed by atoms with van der Waals surface area (Å²) in [7, 11) is 1.63. The van der Waals surface area contributed by atoms with Crippen LogP contribution in [0.5, 0.6) is 5.75 Å². The fourth-order valence-electron chi connectivity index (χ4n) is 4.19. The largest absolute Gasteiger partial charge is 0.495 e. The standard InChI is InChI=1S/C29H30N2O5S2/c1-36-26-8-3-2-7-23(26)10-9-21-5-4-6-22(19-21)20-24(32)13-15-30-17-18-37-29(35)31(30)16-14-25-11-12-27(38-25)28(33)34/h2-8,11-12,19,24,32H,13-18,20H2,1H3,(H,33,34). The van der Waals surface area contributed by atoms with Gasteiger partial charge in [0.25, 0.3) is 5.24 Å². The van der Waals surface area contributed by atoms with E-state index in [0.717, 1.165) is 33.9 Å². The smallest absolute Gasteiger partial charge is 0.345 e. The Hall–Kier alpha value is -3.29. The van der Waals surface area contributed by atoms with Crippen LogP contribution in [0.1, 0.15) is 37.7 Å². The molecule has 1 unspecified atom stereocenters. The molecule has 1 aliphatic rings. The van der Waals surface area contributed by atoms with E-state index in [9.17, 15) is 14.7 Å².